The van der Waals surface area contributed by atoms with Gasteiger partial charge in [-0.3, -0.25) is 9.36 Å². The first-order valence-electron chi connectivity index (χ1n) is 6.49. The second-order valence-electron chi connectivity index (χ2n) is 4.73. The number of hydrogen-bond acceptors (Lipinski definition) is 7. The number of carbonyl (C=O) groups excluding carboxylic acids is 1. The number of anilines is 1. The molecular formula is C12H15F2N3O5. The van der Waals surface area contributed by atoms with Gasteiger partial charge in [0.25, 0.3) is 0 Å². The minimum Gasteiger partial charge on any atom is -0.463 e. The van der Waals surface area contributed by atoms with Gasteiger partial charge in [-0.2, -0.15) is 13.8 Å². The third-order valence-electron chi connectivity index (χ3n) is 3.18. The average molecular weight is 319 g/mol. The first-order chi connectivity index (χ1) is 10.3. The summed E-state index contributed by atoms with van der Waals surface area (Å²) in [5.74, 6) is -4.50. The second kappa shape index (κ2) is 5.97. The molecule has 0 aliphatic carbocycles. The molecule has 8 nitrogen and oxygen atoms in total. The number of esters is 1. The van der Waals surface area contributed by atoms with Crippen LogP contribution in [0.3, 0.4) is 0 Å². The number of nitrogens with zero attached hydrogens (tertiary/aromatic N) is 2. The van der Waals surface area contributed by atoms with E-state index in [0.717, 1.165) is 12.3 Å². The maximum Gasteiger partial charge on any atom is 0.351 e. The quantitative estimate of drug-likeness (QED) is 0.730. The molecule has 2 heterocycles. The van der Waals surface area contributed by atoms with Crippen LogP contribution in [0.25, 0.3) is 0 Å². The molecule has 1 saturated heterocycles. The molecule has 22 heavy (non-hydrogen) atoms. The number of nitrogens with two attached hydrogens (primary N) is 1. The highest BCUT2D eigenvalue weighted by atomic mass is 19.3. The van der Waals surface area contributed by atoms with Crippen molar-refractivity contribution in [3.05, 3.63) is 22.7 Å². The van der Waals surface area contributed by atoms with Gasteiger partial charge in [0, 0.05) is 12.6 Å². The summed E-state index contributed by atoms with van der Waals surface area (Å²) >= 11 is 0. The second-order valence-corrected chi connectivity index (χ2v) is 4.73. The number of alkyl halides is 2. The van der Waals surface area contributed by atoms with Gasteiger partial charge in [-0.05, 0) is 6.07 Å². The Balaban J connectivity index is 2.22. The molecule has 122 valence electrons. The van der Waals surface area contributed by atoms with E-state index in [9.17, 15) is 23.5 Å². The summed E-state index contributed by atoms with van der Waals surface area (Å²) in [4.78, 5) is 26.0. The fraction of sp³-hybridized carbons (Fsp3) is 0.583. The van der Waals surface area contributed by atoms with E-state index in [4.69, 9.17) is 15.2 Å². The molecule has 3 atom stereocenters. The van der Waals surface area contributed by atoms with E-state index < -0.39 is 42.6 Å². The number of aliphatic hydroxyl groups is 1. The zero-order valence-electron chi connectivity index (χ0n) is 11.6. The Morgan fingerprint density at radius 3 is 2.91 bits per heavy atom. The summed E-state index contributed by atoms with van der Waals surface area (Å²) in [6.45, 7) is 0.988. The van der Waals surface area contributed by atoms with E-state index in [0.29, 0.717) is 4.57 Å². The molecule has 2 rings (SSSR count). The number of nitrogen functional groups attached to an aromatic ring is 1. The Morgan fingerprint density at radius 1 is 1.64 bits per heavy atom. The fourth-order valence-electron chi connectivity index (χ4n) is 1.99. The summed E-state index contributed by atoms with van der Waals surface area (Å²) in [5.41, 5.74) is 4.25. The van der Waals surface area contributed by atoms with E-state index >= 15 is 0 Å². The van der Waals surface area contributed by atoms with Crippen molar-refractivity contribution in [2.24, 2.45) is 0 Å². The molecule has 1 aromatic heterocycles. The number of hydrogen-bond donors (Lipinski definition) is 2. The van der Waals surface area contributed by atoms with Crippen LogP contribution in [0.4, 0.5) is 14.6 Å². The van der Waals surface area contributed by atoms with Crippen molar-refractivity contribution in [2.75, 3.05) is 12.3 Å². The number of aromatic nitrogens is 2. The average Bonchev–Trinajstić information content (AvgIpc) is 2.68. The van der Waals surface area contributed by atoms with Crippen LogP contribution in [-0.4, -0.2) is 45.4 Å². The van der Waals surface area contributed by atoms with Crippen molar-refractivity contribution >= 4 is 11.8 Å². The van der Waals surface area contributed by atoms with Crippen LogP contribution in [-0.2, 0) is 14.3 Å². The van der Waals surface area contributed by atoms with Gasteiger partial charge < -0.3 is 20.3 Å². The first-order valence-corrected chi connectivity index (χ1v) is 6.49. The van der Waals surface area contributed by atoms with Crippen LogP contribution in [0, 0.1) is 0 Å². The zero-order chi connectivity index (χ0) is 16.5. The van der Waals surface area contributed by atoms with E-state index in [2.05, 4.69) is 4.98 Å². The minimum absolute atomic E-state index is 0.0595. The van der Waals surface area contributed by atoms with Crippen molar-refractivity contribution in [1.82, 2.24) is 9.55 Å². The number of carbonyl (C=O) groups is 1. The van der Waals surface area contributed by atoms with E-state index in [1.807, 2.05) is 0 Å². The highest BCUT2D eigenvalue weighted by Gasteiger charge is 2.60. The summed E-state index contributed by atoms with van der Waals surface area (Å²) in [7, 11) is 0. The van der Waals surface area contributed by atoms with Crippen molar-refractivity contribution in [2.45, 2.75) is 37.7 Å². The maximum absolute atomic E-state index is 14.1. The smallest absolute Gasteiger partial charge is 0.351 e. The number of rotatable bonds is 4. The first kappa shape index (κ1) is 16.3. The summed E-state index contributed by atoms with van der Waals surface area (Å²) < 4.78 is 38.4. The van der Waals surface area contributed by atoms with Crippen LogP contribution >= 0.6 is 0 Å². The normalized spacial score (nSPS) is 26.8. The van der Waals surface area contributed by atoms with Crippen molar-refractivity contribution in [3.63, 3.8) is 0 Å². The van der Waals surface area contributed by atoms with Gasteiger partial charge >= 0.3 is 17.6 Å². The highest BCUT2D eigenvalue weighted by molar-refractivity contribution is 5.68. The Hall–Kier alpha value is -2.07. The largest absolute Gasteiger partial charge is 0.463 e. The van der Waals surface area contributed by atoms with Crippen LogP contribution in [0.15, 0.2) is 17.1 Å². The lowest BCUT2D eigenvalue weighted by atomic mass is 10.1. The predicted molar refractivity (Wildman–Crippen MR) is 69.0 cm³/mol. The topological polar surface area (TPSA) is 117 Å². The Labute approximate surface area is 123 Å². The molecule has 1 fully saturated rings. The summed E-state index contributed by atoms with van der Waals surface area (Å²) in [5, 5.41) is 9.65. The van der Waals surface area contributed by atoms with E-state index in [1.54, 1.807) is 0 Å². The number of halogens is 2. The van der Waals surface area contributed by atoms with Crippen molar-refractivity contribution in [3.8, 4) is 0 Å². The van der Waals surface area contributed by atoms with E-state index in [-0.39, 0.29) is 12.2 Å². The third-order valence-corrected chi connectivity index (χ3v) is 3.18. The lowest BCUT2D eigenvalue weighted by Crippen LogP contribution is -2.42. The van der Waals surface area contributed by atoms with Crippen molar-refractivity contribution in [1.29, 1.82) is 0 Å². The summed E-state index contributed by atoms with van der Waals surface area (Å²) in [6.07, 6.45) is -4.69. The maximum atomic E-state index is 14.1. The van der Waals surface area contributed by atoms with Gasteiger partial charge in [-0.15, -0.1) is 0 Å². The van der Waals surface area contributed by atoms with Gasteiger partial charge in [0.2, 0.25) is 6.23 Å². The molecule has 1 aliphatic heterocycles. The number of ether oxygens (including phenoxy) is 2. The molecule has 1 unspecified atom stereocenters. The van der Waals surface area contributed by atoms with Gasteiger partial charge in [0.05, 0.1) is 0 Å². The van der Waals surface area contributed by atoms with Gasteiger partial charge in [-0.1, -0.05) is 6.92 Å². The molecule has 1 aliphatic rings. The molecule has 0 spiro atoms. The molecule has 0 radical (unpaired) electrons. The van der Waals surface area contributed by atoms with Gasteiger partial charge in [0.15, 0.2) is 6.10 Å². The molecule has 0 bridgehead atoms. The summed E-state index contributed by atoms with van der Waals surface area (Å²) in [6, 6.07) is 1.15. The predicted octanol–water partition coefficient (Wildman–Crippen LogP) is -0.328. The lowest BCUT2D eigenvalue weighted by Gasteiger charge is -2.20. The third kappa shape index (κ3) is 2.92. The fourth-order valence-corrected chi connectivity index (χ4v) is 1.99. The molecule has 0 saturated carbocycles. The lowest BCUT2D eigenvalue weighted by molar-refractivity contribution is -0.150. The standard InChI is InChI=1S/C12H15F2N3O5/c1-2-8(18)21-5-6-9(19)12(13,14)10(22-6)17-4-3-7(15)16-11(17)20/h3-4,6,9-10,19H,2,5H2,1H3,(H2,15,16,20)/t6-,9?,10-/m1/s1. The van der Waals surface area contributed by atoms with Crippen LogP contribution in [0.1, 0.15) is 19.6 Å². The Kier molecular flexibility index (Phi) is 4.42. The Bertz CT molecular complexity index is 621. The molecule has 0 amide bonds. The SMILES string of the molecule is CCC(=O)OC[C@H]1O[C@@H](n2ccc(N)nc2=O)C(F)(F)C1O. The molecule has 0 aromatic carbocycles. The molecule has 1 aromatic rings. The van der Waals surface area contributed by atoms with Gasteiger partial charge in [0.1, 0.15) is 18.5 Å². The zero-order valence-corrected chi connectivity index (χ0v) is 11.6. The highest BCUT2D eigenvalue weighted by Crippen LogP contribution is 2.42. The van der Waals surface area contributed by atoms with Crippen LogP contribution < -0.4 is 11.4 Å². The van der Waals surface area contributed by atoms with E-state index in [1.165, 1.54) is 6.92 Å². The minimum atomic E-state index is -3.76. The number of aliphatic hydroxyl groups excluding tert-OH is 1. The van der Waals surface area contributed by atoms with Crippen molar-refractivity contribution < 1.29 is 28.2 Å². The molecule has 3 N–H and O–H groups in total. The Morgan fingerprint density at radius 2 is 2.32 bits per heavy atom. The monoisotopic (exact) mass is 319 g/mol. The molecule has 10 heteroatoms. The molecular weight excluding hydrogens is 304 g/mol. The van der Waals surface area contributed by atoms with Gasteiger partial charge in [-0.25, -0.2) is 4.79 Å². The van der Waals surface area contributed by atoms with Crippen LogP contribution in [0.2, 0.25) is 0 Å². The van der Waals surface area contributed by atoms with Crippen LogP contribution in [0.5, 0.6) is 0 Å².